The summed E-state index contributed by atoms with van der Waals surface area (Å²) in [6.45, 7) is 8.85. The number of nitrogens with two attached hydrogens (primary N) is 1. The molecule has 1 unspecified atom stereocenters. The lowest BCUT2D eigenvalue weighted by molar-refractivity contribution is 0.371. The molecule has 0 amide bonds. The lowest BCUT2D eigenvalue weighted by atomic mass is 9.94. The van der Waals surface area contributed by atoms with Crippen LogP contribution in [0.3, 0.4) is 0 Å². The van der Waals surface area contributed by atoms with E-state index in [1.165, 1.54) is 0 Å². The van der Waals surface area contributed by atoms with Gasteiger partial charge >= 0.3 is 0 Å². The van der Waals surface area contributed by atoms with E-state index in [4.69, 9.17) is 10.2 Å². The van der Waals surface area contributed by atoms with Gasteiger partial charge in [0.15, 0.2) is 0 Å². The fourth-order valence-electron chi connectivity index (χ4n) is 1.89. The third-order valence-corrected chi connectivity index (χ3v) is 3.13. The molecule has 6 heteroatoms. The van der Waals surface area contributed by atoms with Crippen molar-refractivity contribution >= 4 is 0 Å². The normalized spacial score (nSPS) is 13.7. The first-order chi connectivity index (χ1) is 9.40. The topological polar surface area (TPSA) is 82.8 Å². The molecule has 6 nitrogen and oxygen atoms in total. The maximum atomic E-state index is 6.02. The van der Waals surface area contributed by atoms with Gasteiger partial charge in [-0.15, -0.1) is 5.10 Å². The summed E-state index contributed by atoms with van der Waals surface area (Å²) < 4.78 is 7.45. The molecule has 20 heavy (non-hydrogen) atoms. The summed E-state index contributed by atoms with van der Waals surface area (Å²) in [5.41, 5.74) is 6.79. The molecule has 2 rings (SSSR count). The fourth-order valence-corrected chi connectivity index (χ4v) is 1.89. The first kappa shape index (κ1) is 14.7. The van der Waals surface area contributed by atoms with Crippen LogP contribution in [0.1, 0.15) is 63.9 Å². The Kier molecular flexibility index (Phi) is 4.23. The van der Waals surface area contributed by atoms with Crippen LogP contribution < -0.4 is 5.73 Å². The lowest BCUT2D eigenvalue weighted by Crippen LogP contribution is -2.10. The number of hydrogen-bond donors (Lipinski definition) is 1. The van der Waals surface area contributed by atoms with Crippen LogP contribution in [0, 0.1) is 0 Å². The highest BCUT2D eigenvalue weighted by Gasteiger charge is 2.19. The van der Waals surface area contributed by atoms with Crippen LogP contribution in [-0.2, 0) is 12.0 Å². The summed E-state index contributed by atoms with van der Waals surface area (Å²) in [5.74, 6) is 1.51. The smallest absolute Gasteiger partial charge is 0.216 e. The van der Waals surface area contributed by atoms with E-state index in [0.717, 1.165) is 24.3 Å². The Hall–Kier alpha value is -1.69. The number of nitrogens with zero attached hydrogens (tertiary/aromatic N) is 4. The van der Waals surface area contributed by atoms with Gasteiger partial charge in [0.25, 0.3) is 0 Å². The maximum Gasteiger partial charge on any atom is 0.216 e. The second-order valence-corrected chi connectivity index (χ2v) is 6.10. The Morgan fingerprint density at radius 2 is 2.15 bits per heavy atom. The molecule has 0 fully saturated rings. The Labute approximate surface area is 119 Å². The van der Waals surface area contributed by atoms with Crippen LogP contribution in [0.5, 0.6) is 0 Å². The third-order valence-electron chi connectivity index (χ3n) is 3.13. The van der Waals surface area contributed by atoms with Crippen LogP contribution >= 0.6 is 0 Å². The summed E-state index contributed by atoms with van der Waals surface area (Å²) in [4.78, 5) is 4.28. The van der Waals surface area contributed by atoms with Crippen LogP contribution in [0.4, 0.5) is 0 Å². The van der Waals surface area contributed by atoms with E-state index in [2.05, 4.69) is 43.0 Å². The molecule has 2 aromatic rings. The summed E-state index contributed by atoms with van der Waals surface area (Å²) in [7, 11) is 0. The molecule has 2 N–H and O–H groups in total. The molecule has 0 spiro atoms. The molecule has 1 atom stereocenters. The zero-order valence-corrected chi connectivity index (χ0v) is 12.6. The van der Waals surface area contributed by atoms with Crippen molar-refractivity contribution in [3.8, 4) is 0 Å². The SMILES string of the molecule is CCCC(N)c1cn(Cc2ncc(C(C)(C)C)o2)nn1. The van der Waals surface area contributed by atoms with Crippen molar-refractivity contribution in [2.75, 3.05) is 0 Å². The van der Waals surface area contributed by atoms with Gasteiger partial charge in [-0.1, -0.05) is 39.3 Å². The van der Waals surface area contributed by atoms with E-state index in [-0.39, 0.29) is 11.5 Å². The molecule has 0 aromatic carbocycles. The number of hydrogen-bond acceptors (Lipinski definition) is 5. The van der Waals surface area contributed by atoms with Crippen molar-refractivity contribution < 1.29 is 4.42 Å². The minimum atomic E-state index is -0.0524. The molecule has 0 aliphatic heterocycles. The standard InChI is InChI=1S/C14H23N5O/c1-5-6-10(15)11-8-19(18-17-11)9-13-16-7-12(20-13)14(2,3)4/h7-8,10H,5-6,9,15H2,1-4H3. The molecule has 2 heterocycles. The molecule has 0 saturated carbocycles. The molecule has 0 bridgehead atoms. The number of aromatic nitrogens is 4. The van der Waals surface area contributed by atoms with E-state index in [1.54, 1.807) is 10.9 Å². The zero-order valence-electron chi connectivity index (χ0n) is 12.6. The van der Waals surface area contributed by atoms with Gasteiger partial charge in [0.1, 0.15) is 12.3 Å². The predicted octanol–water partition coefficient (Wildman–Crippen LogP) is 2.41. The van der Waals surface area contributed by atoms with Crippen molar-refractivity contribution in [3.05, 3.63) is 29.7 Å². The van der Waals surface area contributed by atoms with E-state index in [9.17, 15) is 0 Å². The summed E-state index contributed by atoms with van der Waals surface area (Å²) >= 11 is 0. The van der Waals surface area contributed by atoms with Crippen molar-refractivity contribution in [3.63, 3.8) is 0 Å². The second kappa shape index (κ2) is 5.75. The van der Waals surface area contributed by atoms with Crippen molar-refractivity contribution in [1.82, 2.24) is 20.0 Å². The highest BCUT2D eigenvalue weighted by atomic mass is 16.4. The minimum absolute atomic E-state index is 0.0394. The number of rotatable bonds is 5. The van der Waals surface area contributed by atoms with Crippen molar-refractivity contribution in [2.24, 2.45) is 5.73 Å². The highest BCUT2D eigenvalue weighted by Crippen LogP contribution is 2.23. The molecule has 0 radical (unpaired) electrons. The van der Waals surface area contributed by atoms with Crippen molar-refractivity contribution in [2.45, 2.75) is 58.5 Å². The fraction of sp³-hybridized carbons (Fsp3) is 0.643. The monoisotopic (exact) mass is 277 g/mol. The van der Waals surface area contributed by atoms with Crippen LogP contribution in [0.25, 0.3) is 0 Å². The van der Waals surface area contributed by atoms with E-state index in [1.807, 2.05) is 6.20 Å². The third kappa shape index (κ3) is 3.45. The molecular formula is C14H23N5O. The molecule has 0 aliphatic rings. The molecule has 0 aliphatic carbocycles. The molecule has 0 saturated heterocycles. The van der Waals surface area contributed by atoms with Crippen molar-refractivity contribution in [1.29, 1.82) is 0 Å². The first-order valence-corrected chi connectivity index (χ1v) is 7.01. The first-order valence-electron chi connectivity index (χ1n) is 7.01. The van der Waals surface area contributed by atoms with Crippen LogP contribution in [0.15, 0.2) is 16.8 Å². The molecular weight excluding hydrogens is 254 g/mol. The summed E-state index contributed by atoms with van der Waals surface area (Å²) in [6, 6.07) is -0.0524. The van der Waals surface area contributed by atoms with E-state index >= 15 is 0 Å². The van der Waals surface area contributed by atoms with Crippen LogP contribution in [-0.4, -0.2) is 20.0 Å². The largest absolute Gasteiger partial charge is 0.443 e. The van der Waals surface area contributed by atoms with Gasteiger partial charge in [-0.05, 0) is 6.42 Å². The van der Waals surface area contributed by atoms with Gasteiger partial charge in [0, 0.05) is 5.41 Å². The number of oxazole rings is 1. The average molecular weight is 277 g/mol. The quantitative estimate of drug-likeness (QED) is 0.907. The van der Waals surface area contributed by atoms with Gasteiger partial charge in [-0.3, -0.25) is 0 Å². The Morgan fingerprint density at radius 1 is 1.40 bits per heavy atom. The zero-order chi connectivity index (χ0) is 14.8. The predicted molar refractivity (Wildman–Crippen MR) is 76.2 cm³/mol. The van der Waals surface area contributed by atoms with Gasteiger partial charge < -0.3 is 10.2 Å². The minimum Gasteiger partial charge on any atom is -0.443 e. The van der Waals surface area contributed by atoms with Gasteiger partial charge in [0.2, 0.25) is 5.89 Å². The van der Waals surface area contributed by atoms with Gasteiger partial charge in [-0.25, -0.2) is 9.67 Å². The van der Waals surface area contributed by atoms with Gasteiger partial charge in [-0.2, -0.15) is 0 Å². The maximum absolute atomic E-state index is 6.02. The average Bonchev–Trinajstić information content (AvgIpc) is 2.98. The summed E-state index contributed by atoms with van der Waals surface area (Å²) in [5, 5.41) is 8.18. The van der Waals surface area contributed by atoms with Gasteiger partial charge in [0.05, 0.1) is 24.1 Å². The van der Waals surface area contributed by atoms with Crippen LogP contribution in [0.2, 0.25) is 0 Å². The Balaban J connectivity index is 2.05. The summed E-state index contributed by atoms with van der Waals surface area (Å²) in [6.07, 6.45) is 5.58. The van der Waals surface area contributed by atoms with E-state index < -0.39 is 0 Å². The highest BCUT2D eigenvalue weighted by molar-refractivity contribution is 5.06. The molecule has 110 valence electrons. The Bertz CT molecular complexity index is 552. The Morgan fingerprint density at radius 3 is 2.75 bits per heavy atom. The molecule has 2 aromatic heterocycles. The lowest BCUT2D eigenvalue weighted by Gasteiger charge is -2.13. The second-order valence-electron chi connectivity index (χ2n) is 6.10. The van der Waals surface area contributed by atoms with E-state index in [0.29, 0.717) is 12.4 Å².